The molecule has 2 rings (SSSR count). The molecule has 0 saturated heterocycles. The van der Waals surface area contributed by atoms with Crippen molar-refractivity contribution in [1.29, 1.82) is 0 Å². The van der Waals surface area contributed by atoms with Gasteiger partial charge in [0.1, 0.15) is 17.5 Å². The summed E-state index contributed by atoms with van der Waals surface area (Å²) in [6, 6.07) is 6.11. The maximum atomic E-state index is 14.3. The van der Waals surface area contributed by atoms with Gasteiger partial charge in [-0.3, -0.25) is 0 Å². The molecule has 1 unspecified atom stereocenters. The van der Waals surface area contributed by atoms with Crippen molar-refractivity contribution in [2.45, 2.75) is 13.0 Å². The topological polar surface area (TPSA) is 12.0 Å². The van der Waals surface area contributed by atoms with Crippen molar-refractivity contribution in [1.82, 2.24) is 5.32 Å². The normalized spacial score (nSPS) is 12.5. The zero-order valence-corrected chi connectivity index (χ0v) is 14.2. The van der Waals surface area contributed by atoms with Gasteiger partial charge in [-0.2, -0.15) is 0 Å². The van der Waals surface area contributed by atoms with E-state index in [1.165, 1.54) is 0 Å². The zero-order chi connectivity index (χ0) is 15.6. The van der Waals surface area contributed by atoms with Gasteiger partial charge in [0.2, 0.25) is 0 Å². The molecular formula is C15H12Br2F3N. The van der Waals surface area contributed by atoms with E-state index >= 15 is 0 Å². The van der Waals surface area contributed by atoms with Gasteiger partial charge in [-0.1, -0.05) is 19.1 Å². The number of benzene rings is 2. The standard InChI is InChI=1S/C15H12Br2F3N/c1-2-21-15(8-4-3-5-10(16)14(8)20)9-6-13(19)11(17)7-12(9)18/h3-7,15,21H,2H2,1H3. The van der Waals surface area contributed by atoms with E-state index in [0.717, 1.165) is 12.1 Å². The summed E-state index contributed by atoms with van der Waals surface area (Å²) < 4.78 is 42.4. The summed E-state index contributed by atoms with van der Waals surface area (Å²) in [5.74, 6) is -1.69. The van der Waals surface area contributed by atoms with Gasteiger partial charge >= 0.3 is 0 Å². The highest BCUT2D eigenvalue weighted by atomic mass is 79.9. The Bertz CT molecular complexity index is 662. The van der Waals surface area contributed by atoms with E-state index in [-0.39, 0.29) is 20.1 Å². The van der Waals surface area contributed by atoms with Crippen LogP contribution < -0.4 is 5.32 Å². The Morgan fingerprint density at radius 1 is 1.00 bits per heavy atom. The lowest BCUT2D eigenvalue weighted by atomic mass is 9.97. The van der Waals surface area contributed by atoms with Gasteiger partial charge in [-0.25, -0.2) is 13.2 Å². The van der Waals surface area contributed by atoms with Crippen molar-refractivity contribution in [3.8, 4) is 0 Å². The number of halogens is 5. The average Bonchev–Trinajstić information content (AvgIpc) is 2.44. The van der Waals surface area contributed by atoms with Crippen molar-refractivity contribution < 1.29 is 13.2 Å². The first kappa shape index (κ1) is 16.5. The summed E-state index contributed by atoms with van der Waals surface area (Å²) in [5, 5.41) is 2.99. The van der Waals surface area contributed by atoms with Gasteiger partial charge in [0.15, 0.2) is 0 Å². The van der Waals surface area contributed by atoms with Gasteiger partial charge in [0, 0.05) is 11.1 Å². The van der Waals surface area contributed by atoms with Crippen LogP contribution in [-0.2, 0) is 0 Å². The summed E-state index contributed by atoms with van der Waals surface area (Å²) in [5.41, 5.74) is 0.321. The molecule has 0 bridgehead atoms. The molecule has 0 heterocycles. The van der Waals surface area contributed by atoms with Gasteiger partial charge in [-0.05, 0) is 56.6 Å². The van der Waals surface area contributed by atoms with Crippen LogP contribution in [0.4, 0.5) is 13.2 Å². The van der Waals surface area contributed by atoms with Crippen molar-refractivity contribution in [3.05, 3.63) is 67.9 Å². The third kappa shape index (κ3) is 3.49. The second-order valence-corrected chi connectivity index (χ2v) is 6.13. The van der Waals surface area contributed by atoms with Crippen LogP contribution >= 0.6 is 31.9 Å². The van der Waals surface area contributed by atoms with E-state index in [2.05, 4.69) is 37.2 Å². The van der Waals surface area contributed by atoms with E-state index in [1.54, 1.807) is 18.2 Å². The van der Waals surface area contributed by atoms with E-state index in [4.69, 9.17) is 0 Å². The Kier molecular flexibility index (Phi) is 5.46. The molecule has 0 aliphatic carbocycles. The molecule has 1 N–H and O–H groups in total. The Balaban J connectivity index is 2.59. The third-order valence-electron chi connectivity index (χ3n) is 3.05. The molecule has 6 heteroatoms. The molecule has 0 aliphatic rings. The Hall–Kier alpha value is -0.850. The molecule has 0 fully saturated rings. The molecule has 0 amide bonds. The highest BCUT2D eigenvalue weighted by Crippen LogP contribution is 2.31. The lowest BCUT2D eigenvalue weighted by Crippen LogP contribution is -2.24. The Morgan fingerprint density at radius 2 is 1.71 bits per heavy atom. The van der Waals surface area contributed by atoms with Crippen molar-refractivity contribution >= 4 is 31.9 Å². The summed E-state index contributed by atoms with van der Waals surface area (Å²) in [6.07, 6.45) is 0. The first-order chi connectivity index (χ1) is 9.95. The third-order valence-corrected chi connectivity index (χ3v) is 4.27. The van der Waals surface area contributed by atoms with Crippen LogP contribution in [0.2, 0.25) is 0 Å². The SMILES string of the molecule is CCNC(c1cc(F)c(Br)cc1F)c1cccc(Br)c1F. The molecule has 2 aromatic carbocycles. The van der Waals surface area contributed by atoms with E-state index < -0.39 is 23.5 Å². The van der Waals surface area contributed by atoms with Crippen LogP contribution in [0.15, 0.2) is 39.3 Å². The predicted molar refractivity (Wildman–Crippen MR) is 83.7 cm³/mol. The van der Waals surface area contributed by atoms with E-state index in [0.29, 0.717) is 6.54 Å². The van der Waals surface area contributed by atoms with Gasteiger partial charge in [-0.15, -0.1) is 0 Å². The monoisotopic (exact) mass is 421 g/mol. The minimum atomic E-state index is -0.768. The Labute approximate surface area is 137 Å². The summed E-state index contributed by atoms with van der Waals surface area (Å²) in [7, 11) is 0. The van der Waals surface area contributed by atoms with Crippen LogP contribution in [0.5, 0.6) is 0 Å². The van der Waals surface area contributed by atoms with E-state index in [9.17, 15) is 13.2 Å². The van der Waals surface area contributed by atoms with Gasteiger partial charge in [0.25, 0.3) is 0 Å². The number of hydrogen-bond acceptors (Lipinski definition) is 1. The molecule has 0 radical (unpaired) electrons. The van der Waals surface area contributed by atoms with Gasteiger partial charge < -0.3 is 5.32 Å². The quantitative estimate of drug-likeness (QED) is 0.656. The summed E-state index contributed by atoms with van der Waals surface area (Å²) in [4.78, 5) is 0. The Morgan fingerprint density at radius 3 is 2.38 bits per heavy atom. The highest BCUT2D eigenvalue weighted by Gasteiger charge is 2.23. The second kappa shape index (κ2) is 6.94. The lowest BCUT2D eigenvalue weighted by molar-refractivity contribution is 0.519. The highest BCUT2D eigenvalue weighted by molar-refractivity contribution is 9.10. The molecule has 112 valence electrons. The first-order valence-electron chi connectivity index (χ1n) is 6.27. The van der Waals surface area contributed by atoms with Crippen LogP contribution in [-0.4, -0.2) is 6.54 Å². The lowest BCUT2D eigenvalue weighted by Gasteiger charge is -2.21. The van der Waals surface area contributed by atoms with Crippen LogP contribution in [0.25, 0.3) is 0 Å². The smallest absolute Gasteiger partial charge is 0.142 e. The van der Waals surface area contributed by atoms with Gasteiger partial charge in [0.05, 0.1) is 15.0 Å². The van der Waals surface area contributed by atoms with Crippen LogP contribution in [0.3, 0.4) is 0 Å². The first-order valence-corrected chi connectivity index (χ1v) is 7.86. The predicted octanol–water partition coefficient (Wildman–Crippen LogP) is 5.33. The van der Waals surface area contributed by atoms with Crippen LogP contribution in [0.1, 0.15) is 24.1 Å². The number of rotatable bonds is 4. The van der Waals surface area contributed by atoms with Crippen LogP contribution in [0, 0.1) is 17.5 Å². The molecule has 0 saturated carbocycles. The fourth-order valence-corrected chi connectivity index (χ4v) is 2.79. The van der Waals surface area contributed by atoms with Crippen molar-refractivity contribution in [3.63, 3.8) is 0 Å². The zero-order valence-electron chi connectivity index (χ0n) is 11.1. The molecule has 0 aromatic heterocycles. The van der Waals surface area contributed by atoms with Crippen molar-refractivity contribution in [2.75, 3.05) is 6.54 Å². The minimum Gasteiger partial charge on any atom is -0.306 e. The van der Waals surface area contributed by atoms with Crippen molar-refractivity contribution in [2.24, 2.45) is 0 Å². The molecule has 1 nitrogen and oxygen atoms in total. The average molecular weight is 423 g/mol. The molecule has 0 aliphatic heterocycles. The largest absolute Gasteiger partial charge is 0.306 e. The number of nitrogens with one attached hydrogen (secondary N) is 1. The fraction of sp³-hybridized carbons (Fsp3) is 0.200. The summed E-state index contributed by atoms with van der Waals surface area (Å²) >= 11 is 6.04. The maximum Gasteiger partial charge on any atom is 0.142 e. The van der Waals surface area contributed by atoms with E-state index in [1.807, 2.05) is 6.92 Å². The molecule has 2 aromatic rings. The minimum absolute atomic E-state index is 0.0358. The molecule has 21 heavy (non-hydrogen) atoms. The number of hydrogen-bond donors (Lipinski definition) is 1. The summed E-state index contributed by atoms with van der Waals surface area (Å²) in [6.45, 7) is 2.30. The maximum absolute atomic E-state index is 14.3. The molecular weight excluding hydrogens is 411 g/mol. The fourth-order valence-electron chi connectivity index (χ4n) is 2.09. The second-order valence-electron chi connectivity index (χ2n) is 4.42. The molecule has 1 atom stereocenters. The molecule has 0 spiro atoms.